The number of hydrogen-bond donors (Lipinski definition) is 1. The molecule has 20 heavy (non-hydrogen) atoms. The van der Waals surface area contributed by atoms with Gasteiger partial charge in [-0.15, -0.1) is 0 Å². The van der Waals surface area contributed by atoms with Crippen LogP contribution < -0.4 is 9.64 Å². The summed E-state index contributed by atoms with van der Waals surface area (Å²) in [6.07, 6.45) is 1.26. The van der Waals surface area contributed by atoms with Crippen molar-refractivity contribution in [3.05, 3.63) is 22.2 Å². The van der Waals surface area contributed by atoms with Gasteiger partial charge in [-0.1, -0.05) is 0 Å². The molecule has 1 aromatic heterocycles. The molecule has 0 amide bonds. The zero-order valence-corrected chi connectivity index (χ0v) is 11.7. The number of aliphatic hydroxyl groups is 1. The van der Waals surface area contributed by atoms with Gasteiger partial charge in [-0.2, -0.15) is 4.98 Å². The van der Waals surface area contributed by atoms with E-state index in [2.05, 4.69) is 4.98 Å². The van der Waals surface area contributed by atoms with E-state index in [-0.39, 0.29) is 17.7 Å². The van der Waals surface area contributed by atoms with Crippen molar-refractivity contribution in [2.24, 2.45) is 5.92 Å². The van der Waals surface area contributed by atoms with Crippen molar-refractivity contribution in [3.8, 4) is 5.88 Å². The number of rotatable bonds is 4. The van der Waals surface area contributed by atoms with Gasteiger partial charge in [-0.25, -0.2) is 0 Å². The lowest BCUT2D eigenvalue weighted by Crippen LogP contribution is -2.37. The third-order valence-corrected chi connectivity index (χ3v) is 3.76. The fourth-order valence-electron chi connectivity index (χ4n) is 2.51. The summed E-state index contributed by atoms with van der Waals surface area (Å²) >= 11 is 0. The maximum Gasteiger partial charge on any atom is 0.311 e. The van der Waals surface area contributed by atoms with Crippen molar-refractivity contribution >= 4 is 11.5 Å². The van der Waals surface area contributed by atoms with Crippen molar-refractivity contribution in [2.75, 3.05) is 25.1 Å². The standard InChI is InChI=1S/C13H19N3O4/c1-9(17)10-5-7-15(8-6-10)13-11(16(18)19)3-4-12(14-13)20-2/h3-4,9-10,17H,5-8H2,1-2H3. The zero-order valence-electron chi connectivity index (χ0n) is 11.7. The second-order valence-electron chi connectivity index (χ2n) is 5.02. The molecule has 0 radical (unpaired) electrons. The first-order chi connectivity index (χ1) is 9.52. The zero-order chi connectivity index (χ0) is 14.7. The quantitative estimate of drug-likeness (QED) is 0.666. The third-order valence-electron chi connectivity index (χ3n) is 3.76. The van der Waals surface area contributed by atoms with Crippen molar-refractivity contribution < 1.29 is 14.8 Å². The van der Waals surface area contributed by atoms with Gasteiger partial charge in [0, 0.05) is 25.2 Å². The van der Waals surface area contributed by atoms with E-state index in [4.69, 9.17) is 4.74 Å². The number of aliphatic hydroxyl groups excluding tert-OH is 1. The lowest BCUT2D eigenvalue weighted by molar-refractivity contribution is -0.384. The first-order valence-electron chi connectivity index (χ1n) is 6.65. The largest absolute Gasteiger partial charge is 0.481 e. The Morgan fingerprint density at radius 2 is 2.15 bits per heavy atom. The number of nitrogens with zero attached hydrogens (tertiary/aromatic N) is 3. The molecule has 7 nitrogen and oxygen atoms in total. The van der Waals surface area contributed by atoms with Crippen LogP contribution >= 0.6 is 0 Å². The van der Waals surface area contributed by atoms with Gasteiger partial charge in [-0.3, -0.25) is 10.1 Å². The molecule has 1 fully saturated rings. The van der Waals surface area contributed by atoms with Crippen LogP contribution in [0.2, 0.25) is 0 Å². The molecule has 1 aliphatic rings. The number of nitro groups is 1. The Hall–Kier alpha value is -1.89. The van der Waals surface area contributed by atoms with E-state index in [0.717, 1.165) is 12.8 Å². The monoisotopic (exact) mass is 281 g/mol. The highest BCUT2D eigenvalue weighted by Crippen LogP contribution is 2.32. The molecule has 1 aromatic rings. The fourth-order valence-corrected chi connectivity index (χ4v) is 2.51. The number of aromatic nitrogens is 1. The van der Waals surface area contributed by atoms with Crippen molar-refractivity contribution in [1.29, 1.82) is 0 Å². The van der Waals surface area contributed by atoms with Crippen molar-refractivity contribution in [1.82, 2.24) is 4.98 Å². The SMILES string of the molecule is COc1ccc([N+](=O)[O-])c(N2CCC(C(C)O)CC2)n1. The highest BCUT2D eigenvalue weighted by atomic mass is 16.6. The lowest BCUT2D eigenvalue weighted by atomic mass is 9.92. The summed E-state index contributed by atoms with van der Waals surface area (Å²) in [5.74, 6) is 0.956. The number of ether oxygens (including phenoxy) is 1. The summed E-state index contributed by atoms with van der Waals surface area (Å²) in [5, 5.41) is 20.7. The first-order valence-corrected chi connectivity index (χ1v) is 6.65. The van der Waals surface area contributed by atoms with Crippen LogP contribution in [0.15, 0.2) is 12.1 Å². The van der Waals surface area contributed by atoms with E-state index in [1.54, 1.807) is 6.92 Å². The molecule has 0 saturated carbocycles. The molecule has 1 atom stereocenters. The number of anilines is 1. The maximum atomic E-state index is 11.1. The van der Waals surface area contributed by atoms with Crippen LogP contribution in [0.5, 0.6) is 5.88 Å². The Kier molecular flexibility index (Phi) is 4.39. The van der Waals surface area contributed by atoms with Crippen molar-refractivity contribution in [3.63, 3.8) is 0 Å². The van der Waals surface area contributed by atoms with Gasteiger partial charge < -0.3 is 14.7 Å². The molecule has 2 rings (SSSR count). The molecule has 1 aliphatic heterocycles. The van der Waals surface area contributed by atoms with Gasteiger partial charge in [0.2, 0.25) is 11.7 Å². The van der Waals surface area contributed by atoms with E-state index in [1.807, 2.05) is 4.90 Å². The maximum absolute atomic E-state index is 11.1. The second kappa shape index (κ2) is 6.04. The molecular weight excluding hydrogens is 262 g/mol. The predicted octanol–water partition coefficient (Wildman–Crippen LogP) is 1.60. The number of pyridine rings is 1. The third kappa shape index (κ3) is 2.98. The van der Waals surface area contributed by atoms with Crippen LogP contribution in [0, 0.1) is 16.0 Å². The summed E-state index contributed by atoms with van der Waals surface area (Å²) in [6, 6.07) is 2.91. The predicted molar refractivity (Wildman–Crippen MR) is 74.1 cm³/mol. The summed E-state index contributed by atoms with van der Waals surface area (Å²) in [4.78, 5) is 16.8. The van der Waals surface area contributed by atoms with Gasteiger partial charge in [0.05, 0.1) is 18.1 Å². The molecule has 0 spiro atoms. The fraction of sp³-hybridized carbons (Fsp3) is 0.615. The van der Waals surface area contributed by atoms with Crippen LogP contribution in [-0.4, -0.2) is 41.3 Å². The molecule has 0 bridgehead atoms. The highest BCUT2D eigenvalue weighted by molar-refractivity contribution is 5.59. The van der Waals surface area contributed by atoms with E-state index < -0.39 is 4.92 Å². The van der Waals surface area contributed by atoms with E-state index in [9.17, 15) is 15.2 Å². The smallest absolute Gasteiger partial charge is 0.311 e. The van der Waals surface area contributed by atoms with Crippen LogP contribution in [0.1, 0.15) is 19.8 Å². The summed E-state index contributed by atoms with van der Waals surface area (Å²) in [5.41, 5.74) is -0.0127. The molecule has 2 heterocycles. The molecule has 0 aliphatic carbocycles. The summed E-state index contributed by atoms with van der Waals surface area (Å²) in [6.45, 7) is 3.08. The topological polar surface area (TPSA) is 88.7 Å². The van der Waals surface area contributed by atoms with Gasteiger partial charge in [0.1, 0.15) is 0 Å². The minimum absolute atomic E-state index is 0.0127. The molecule has 1 N–H and O–H groups in total. The minimum Gasteiger partial charge on any atom is -0.481 e. The Morgan fingerprint density at radius 3 is 2.65 bits per heavy atom. The first kappa shape index (κ1) is 14.5. The van der Waals surface area contributed by atoms with Crippen LogP contribution in [0.4, 0.5) is 11.5 Å². The summed E-state index contributed by atoms with van der Waals surface area (Å²) in [7, 11) is 1.48. The Morgan fingerprint density at radius 1 is 1.50 bits per heavy atom. The average molecular weight is 281 g/mol. The minimum atomic E-state index is -0.428. The normalized spacial score (nSPS) is 17.9. The van der Waals surface area contributed by atoms with Gasteiger partial charge in [-0.05, 0) is 25.7 Å². The van der Waals surface area contributed by atoms with E-state index in [1.165, 1.54) is 19.2 Å². The molecular formula is C13H19N3O4. The van der Waals surface area contributed by atoms with Crippen LogP contribution in [0.3, 0.4) is 0 Å². The van der Waals surface area contributed by atoms with E-state index >= 15 is 0 Å². The Labute approximate surface area is 117 Å². The average Bonchev–Trinajstić information content (AvgIpc) is 2.46. The number of hydrogen-bond acceptors (Lipinski definition) is 6. The highest BCUT2D eigenvalue weighted by Gasteiger charge is 2.28. The van der Waals surface area contributed by atoms with Crippen molar-refractivity contribution in [2.45, 2.75) is 25.9 Å². The molecule has 1 saturated heterocycles. The number of methoxy groups -OCH3 is 1. The van der Waals surface area contributed by atoms with Gasteiger partial charge >= 0.3 is 5.69 Å². The Bertz CT molecular complexity index is 485. The summed E-state index contributed by atoms with van der Waals surface area (Å²) < 4.78 is 5.04. The molecule has 1 unspecified atom stereocenters. The van der Waals surface area contributed by atoms with Crippen LogP contribution in [-0.2, 0) is 0 Å². The number of piperidine rings is 1. The second-order valence-corrected chi connectivity index (χ2v) is 5.02. The molecule has 7 heteroatoms. The lowest BCUT2D eigenvalue weighted by Gasteiger charge is -2.33. The van der Waals surface area contributed by atoms with Crippen LogP contribution in [0.25, 0.3) is 0 Å². The van der Waals surface area contributed by atoms with Gasteiger partial charge in [0.15, 0.2) is 0 Å². The molecule has 0 aromatic carbocycles. The van der Waals surface area contributed by atoms with Gasteiger partial charge in [0.25, 0.3) is 0 Å². The molecule has 110 valence electrons. The Balaban J connectivity index is 2.21. The van der Waals surface area contributed by atoms with E-state index in [0.29, 0.717) is 24.8 Å².